The van der Waals surface area contributed by atoms with E-state index in [0.717, 1.165) is 12.8 Å². The van der Waals surface area contributed by atoms with Gasteiger partial charge in [0.05, 0.1) is 11.1 Å². The van der Waals surface area contributed by atoms with E-state index in [0.29, 0.717) is 28.3 Å². The van der Waals surface area contributed by atoms with Gasteiger partial charge in [0, 0.05) is 17.5 Å². The molecule has 0 N–H and O–H groups in total. The highest BCUT2D eigenvalue weighted by molar-refractivity contribution is 7.98. The van der Waals surface area contributed by atoms with Crippen LogP contribution < -0.4 is 5.56 Å². The Labute approximate surface area is 145 Å². The highest BCUT2D eigenvalue weighted by atomic mass is 32.2. The molecule has 0 saturated heterocycles. The Hall–Kier alpha value is -2.06. The lowest BCUT2D eigenvalue weighted by atomic mass is 9.84. The molecule has 4 nitrogen and oxygen atoms in total. The molecule has 0 atom stereocenters. The Morgan fingerprint density at radius 2 is 2.08 bits per heavy atom. The first-order valence-electron chi connectivity index (χ1n) is 8.32. The summed E-state index contributed by atoms with van der Waals surface area (Å²) in [6.07, 6.45) is 9.75. The number of carbonyl (C=O) groups is 1. The number of thioether (sulfide) groups is 1. The first-order valence-corrected chi connectivity index (χ1v) is 9.54. The zero-order valence-electron chi connectivity index (χ0n) is 13.7. The summed E-state index contributed by atoms with van der Waals surface area (Å²) in [5.41, 5.74) is 0.848. The third-order valence-electron chi connectivity index (χ3n) is 4.80. The lowest BCUT2D eigenvalue weighted by Crippen LogP contribution is -2.22. The molecule has 0 amide bonds. The lowest BCUT2D eigenvalue weighted by molar-refractivity contribution is 0.0948. The van der Waals surface area contributed by atoms with Gasteiger partial charge < -0.3 is 0 Å². The van der Waals surface area contributed by atoms with E-state index in [1.807, 2.05) is 18.4 Å². The quantitative estimate of drug-likeness (QED) is 0.622. The molecule has 0 bridgehead atoms. The number of aromatic nitrogens is 1. The van der Waals surface area contributed by atoms with E-state index < -0.39 is 0 Å². The largest absolute Gasteiger partial charge is 0.294 e. The molecule has 2 aromatic rings. The summed E-state index contributed by atoms with van der Waals surface area (Å²) in [6.45, 7) is 0. The van der Waals surface area contributed by atoms with Gasteiger partial charge in [-0.25, -0.2) is 0 Å². The van der Waals surface area contributed by atoms with Crippen molar-refractivity contribution in [3.63, 3.8) is 0 Å². The number of nitriles is 1. The topological polar surface area (TPSA) is 62.3 Å². The Kier molecular flexibility index (Phi) is 5.06. The first-order chi connectivity index (χ1) is 11.7. The average Bonchev–Trinajstić information content (AvgIpc) is 2.62. The molecule has 0 aromatic carbocycles. The maximum atomic E-state index is 13.0. The minimum Gasteiger partial charge on any atom is -0.294 e. The van der Waals surface area contributed by atoms with Crippen molar-refractivity contribution in [2.24, 2.45) is 5.92 Å². The van der Waals surface area contributed by atoms with Crippen molar-refractivity contribution in [2.45, 2.75) is 43.4 Å². The fraction of sp³-hybridized carbons (Fsp3) is 0.421. The van der Waals surface area contributed by atoms with Gasteiger partial charge in [0.1, 0.15) is 11.6 Å². The second-order valence-corrected chi connectivity index (χ2v) is 7.10. The molecule has 1 aliphatic carbocycles. The van der Waals surface area contributed by atoms with Crippen molar-refractivity contribution in [3.05, 3.63) is 45.9 Å². The molecule has 0 unspecified atom stereocenters. The maximum Gasteiger partial charge on any atom is 0.274 e. The molecular weight excluding hydrogens is 320 g/mol. The van der Waals surface area contributed by atoms with E-state index in [4.69, 9.17) is 0 Å². The van der Waals surface area contributed by atoms with Gasteiger partial charge >= 0.3 is 0 Å². The molecule has 2 aromatic heterocycles. The van der Waals surface area contributed by atoms with Crippen LogP contribution >= 0.6 is 11.8 Å². The van der Waals surface area contributed by atoms with Crippen LogP contribution in [0.3, 0.4) is 0 Å². The van der Waals surface area contributed by atoms with Crippen molar-refractivity contribution in [2.75, 3.05) is 6.26 Å². The molecule has 3 rings (SSSR count). The fourth-order valence-electron chi connectivity index (χ4n) is 3.61. The molecule has 5 heteroatoms. The molecular formula is C19H20N2O2S. The van der Waals surface area contributed by atoms with Crippen molar-refractivity contribution in [1.82, 2.24) is 4.40 Å². The van der Waals surface area contributed by atoms with E-state index in [2.05, 4.69) is 0 Å². The van der Waals surface area contributed by atoms with Gasteiger partial charge in [0.25, 0.3) is 5.56 Å². The highest BCUT2D eigenvalue weighted by Gasteiger charge is 2.25. The molecule has 2 heterocycles. The molecule has 1 aliphatic rings. The van der Waals surface area contributed by atoms with Crippen molar-refractivity contribution in [1.29, 1.82) is 5.26 Å². The molecule has 1 saturated carbocycles. The van der Waals surface area contributed by atoms with Crippen LogP contribution in [0.2, 0.25) is 0 Å². The van der Waals surface area contributed by atoms with Crippen LogP contribution in [0.4, 0.5) is 0 Å². The second-order valence-electron chi connectivity index (χ2n) is 6.29. The van der Waals surface area contributed by atoms with E-state index in [9.17, 15) is 14.9 Å². The van der Waals surface area contributed by atoms with Crippen LogP contribution in [-0.2, 0) is 0 Å². The Bertz CT molecular complexity index is 873. The second kappa shape index (κ2) is 7.23. The van der Waals surface area contributed by atoms with Crippen molar-refractivity contribution in [3.8, 4) is 6.07 Å². The molecule has 0 radical (unpaired) electrons. The van der Waals surface area contributed by atoms with Gasteiger partial charge in [0.2, 0.25) is 0 Å². The van der Waals surface area contributed by atoms with Crippen LogP contribution in [0.1, 0.15) is 54.4 Å². The molecule has 1 fully saturated rings. The van der Waals surface area contributed by atoms with E-state index in [-0.39, 0.29) is 16.9 Å². The SMILES string of the molecule is CSc1c(C#N)c(=O)n2ccccc2c1C(=O)CC1CCCCC1. The monoisotopic (exact) mass is 340 g/mol. The van der Waals surface area contributed by atoms with E-state index in [1.54, 1.807) is 18.3 Å². The molecule has 24 heavy (non-hydrogen) atoms. The minimum absolute atomic E-state index is 0.0476. The zero-order chi connectivity index (χ0) is 17.1. The number of hydrogen-bond donors (Lipinski definition) is 0. The predicted molar refractivity (Wildman–Crippen MR) is 95.7 cm³/mol. The number of ketones is 1. The Morgan fingerprint density at radius 3 is 2.75 bits per heavy atom. The van der Waals surface area contributed by atoms with Crippen molar-refractivity contribution < 1.29 is 4.79 Å². The normalized spacial score (nSPS) is 15.3. The van der Waals surface area contributed by atoms with Crippen LogP contribution in [0.5, 0.6) is 0 Å². The maximum absolute atomic E-state index is 13.0. The highest BCUT2D eigenvalue weighted by Crippen LogP contribution is 2.32. The molecule has 124 valence electrons. The third-order valence-corrected chi connectivity index (χ3v) is 5.61. The fourth-order valence-corrected chi connectivity index (χ4v) is 4.37. The smallest absolute Gasteiger partial charge is 0.274 e. The number of nitrogens with zero attached hydrogens (tertiary/aromatic N) is 2. The predicted octanol–water partition coefficient (Wildman–Crippen LogP) is 4.05. The summed E-state index contributed by atoms with van der Waals surface area (Å²) in [5, 5.41) is 9.43. The number of rotatable bonds is 4. The average molecular weight is 340 g/mol. The Balaban J connectivity index is 2.15. The van der Waals surface area contributed by atoms with Crippen LogP contribution in [-0.4, -0.2) is 16.4 Å². The minimum atomic E-state index is -0.355. The number of fused-ring (bicyclic) bond motifs is 1. The summed E-state index contributed by atoms with van der Waals surface area (Å²) < 4.78 is 1.42. The van der Waals surface area contributed by atoms with Crippen LogP contribution in [0.15, 0.2) is 34.1 Å². The summed E-state index contributed by atoms with van der Waals surface area (Å²) >= 11 is 1.31. The standard InChI is InChI=1S/C19H20N2O2S/c1-24-18-14(12-20)19(23)21-10-6-5-9-15(21)17(18)16(22)11-13-7-3-2-4-8-13/h5-6,9-10,13H,2-4,7-8,11H2,1H3. The summed E-state index contributed by atoms with van der Waals surface area (Å²) in [6, 6.07) is 7.35. The van der Waals surface area contributed by atoms with Gasteiger partial charge in [-0.1, -0.05) is 38.2 Å². The van der Waals surface area contributed by atoms with Gasteiger partial charge in [-0.2, -0.15) is 5.26 Å². The van der Waals surface area contributed by atoms with Gasteiger partial charge in [0.15, 0.2) is 5.78 Å². The summed E-state index contributed by atoms with van der Waals surface area (Å²) in [5.74, 6) is 0.466. The Morgan fingerprint density at radius 1 is 1.33 bits per heavy atom. The third kappa shape index (κ3) is 2.99. The number of hydrogen-bond acceptors (Lipinski definition) is 4. The number of Topliss-reactive ketones (excluding diaryl/α,β-unsaturated/α-hetero) is 1. The number of carbonyl (C=O) groups excluding carboxylic acids is 1. The molecule has 0 spiro atoms. The van der Waals surface area contributed by atoms with Crippen LogP contribution in [0.25, 0.3) is 5.52 Å². The summed E-state index contributed by atoms with van der Waals surface area (Å²) in [7, 11) is 0. The number of pyridine rings is 2. The van der Waals surface area contributed by atoms with Gasteiger partial charge in [-0.3, -0.25) is 14.0 Å². The zero-order valence-corrected chi connectivity index (χ0v) is 14.6. The summed E-state index contributed by atoms with van der Waals surface area (Å²) in [4.78, 5) is 26.1. The first kappa shape index (κ1) is 16.8. The van der Waals surface area contributed by atoms with Crippen molar-refractivity contribution >= 4 is 23.1 Å². The van der Waals surface area contributed by atoms with Gasteiger partial charge in [-0.15, -0.1) is 11.8 Å². The van der Waals surface area contributed by atoms with E-state index in [1.165, 1.54) is 35.4 Å². The molecule has 0 aliphatic heterocycles. The van der Waals surface area contributed by atoms with E-state index >= 15 is 0 Å². The lowest BCUT2D eigenvalue weighted by Gasteiger charge is -2.21. The van der Waals surface area contributed by atoms with Crippen LogP contribution in [0, 0.1) is 17.2 Å². The van der Waals surface area contributed by atoms with Gasteiger partial charge in [-0.05, 0) is 24.3 Å².